The molecular weight excluding hydrogens is 257 g/mol. The average Bonchev–Trinajstić information content (AvgIpc) is 3.23. The van der Waals surface area contributed by atoms with Crippen molar-refractivity contribution >= 4 is 5.91 Å². The third kappa shape index (κ3) is 2.44. The quantitative estimate of drug-likeness (QED) is 0.832. The van der Waals surface area contributed by atoms with Gasteiger partial charge in [0.2, 0.25) is 5.91 Å². The molecule has 3 nitrogen and oxygen atoms in total. The minimum atomic E-state index is -0.369. The van der Waals surface area contributed by atoms with Crippen LogP contribution in [0.15, 0.2) is 24.3 Å². The fourth-order valence-corrected chi connectivity index (χ4v) is 2.71. The molecule has 20 heavy (non-hydrogen) atoms. The van der Waals surface area contributed by atoms with Gasteiger partial charge in [0.25, 0.3) is 0 Å². The minimum absolute atomic E-state index is 0.175. The van der Waals surface area contributed by atoms with Crippen LogP contribution in [0.3, 0.4) is 0 Å². The molecule has 1 saturated heterocycles. The van der Waals surface area contributed by atoms with Crippen molar-refractivity contribution in [3.05, 3.63) is 35.6 Å². The molecule has 1 amide bonds. The number of amides is 1. The average molecular weight is 277 g/mol. The Balaban J connectivity index is 1.83. The lowest BCUT2D eigenvalue weighted by atomic mass is 9.97. The fraction of sp³-hybridized carbons (Fsp3) is 0.562. The standard InChI is InChI=1S/C16H20FNO2/c1-16(2)10-20-14(12-5-3-4-6-13(12)17)9-18(16)15(19)11-7-8-11/h3-6,11,14H,7-10H2,1-2H3. The van der Waals surface area contributed by atoms with E-state index in [1.165, 1.54) is 6.07 Å². The number of carbonyl (C=O) groups is 1. The molecule has 1 unspecified atom stereocenters. The van der Waals surface area contributed by atoms with E-state index in [4.69, 9.17) is 4.74 Å². The van der Waals surface area contributed by atoms with Gasteiger partial charge in [-0.1, -0.05) is 18.2 Å². The molecule has 0 radical (unpaired) electrons. The lowest BCUT2D eigenvalue weighted by Gasteiger charge is -2.45. The normalized spacial score (nSPS) is 25.6. The summed E-state index contributed by atoms with van der Waals surface area (Å²) >= 11 is 0. The summed E-state index contributed by atoms with van der Waals surface area (Å²) in [7, 11) is 0. The number of carbonyl (C=O) groups excluding carboxylic acids is 1. The molecule has 1 aromatic carbocycles. The summed E-state index contributed by atoms with van der Waals surface area (Å²) < 4.78 is 19.7. The van der Waals surface area contributed by atoms with Gasteiger partial charge in [0.05, 0.1) is 18.7 Å². The van der Waals surface area contributed by atoms with Crippen LogP contribution in [-0.4, -0.2) is 29.5 Å². The molecule has 1 atom stereocenters. The van der Waals surface area contributed by atoms with E-state index in [2.05, 4.69) is 0 Å². The fourth-order valence-electron chi connectivity index (χ4n) is 2.71. The Bertz CT molecular complexity index is 525. The van der Waals surface area contributed by atoms with Gasteiger partial charge in [0, 0.05) is 11.5 Å². The van der Waals surface area contributed by atoms with Crippen LogP contribution in [0, 0.1) is 11.7 Å². The molecule has 0 N–H and O–H groups in total. The smallest absolute Gasteiger partial charge is 0.226 e. The van der Waals surface area contributed by atoms with Crippen molar-refractivity contribution in [2.24, 2.45) is 5.92 Å². The van der Waals surface area contributed by atoms with Gasteiger partial charge >= 0.3 is 0 Å². The number of morpholine rings is 1. The number of benzene rings is 1. The predicted molar refractivity (Wildman–Crippen MR) is 73.6 cm³/mol. The van der Waals surface area contributed by atoms with Gasteiger partial charge in [-0.15, -0.1) is 0 Å². The van der Waals surface area contributed by atoms with Gasteiger partial charge in [0.15, 0.2) is 0 Å². The molecule has 0 aromatic heterocycles. The highest BCUT2D eigenvalue weighted by atomic mass is 19.1. The first-order valence-electron chi connectivity index (χ1n) is 7.16. The van der Waals surface area contributed by atoms with Crippen molar-refractivity contribution in [3.8, 4) is 0 Å². The molecule has 1 aliphatic heterocycles. The zero-order valence-electron chi connectivity index (χ0n) is 11.9. The number of ether oxygens (including phenoxy) is 1. The second-order valence-electron chi connectivity index (χ2n) is 6.36. The molecule has 1 aromatic rings. The Morgan fingerprint density at radius 1 is 1.35 bits per heavy atom. The van der Waals surface area contributed by atoms with E-state index < -0.39 is 0 Å². The lowest BCUT2D eigenvalue weighted by Crippen LogP contribution is -2.56. The van der Waals surface area contributed by atoms with E-state index in [0.29, 0.717) is 18.7 Å². The van der Waals surface area contributed by atoms with Crippen molar-refractivity contribution in [3.63, 3.8) is 0 Å². The van der Waals surface area contributed by atoms with Crippen LogP contribution in [0.5, 0.6) is 0 Å². The van der Waals surface area contributed by atoms with Crippen LogP contribution >= 0.6 is 0 Å². The maximum absolute atomic E-state index is 13.9. The summed E-state index contributed by atoms with van der Waals surface area (Å²) in [5.74, 6) is 0.101. The third-order valence-electron chi connectivity index (χ3n) is 4.16. The van der Waals surface area contributed by atoms with Crippen LogP contribution in [0.2, 0.25) is 0 Å². The van der Waals surface area contributed by atoms with Gasteiger partial charge in [-0.25, -0.2) is 4.39 Å². The second-order valence-corrected chi connectivity index (χ2v) is 6.36. The van der Waals surface area contributed by atoms with Gasteiger partial charge < -0.3 is 9.64 Å². The Kier molecular flexibility index (Phi) is 3.28. The molecule has 2 fully saturated rings. The molecule has 0 spiro atoms. The van der Waals surface area contributed by atoms with Crippen molar-refractivity contribution in [2.75, 3.05) is 13.2 Å². The van der Waals surface area contributed by atoms with Crippen LogP contribution in [0.25, 0.3) is 0 Å². The van der Waals surface area contributed by atoms with Gasteiger partial charge in [-0.3, -0.25) is 4.79 Å². The zero-order chi connectivity index (χ0) is 14.3. The molecular formula is C16H20FNO2. The first kappa shape index (κ1) is 13.6. The Hall–Kier alpha value is -1.42. The van der Waals surface area contributed by atoms with Crippen molar-refractivity contribution in [1.82, 2.24) is 4.90 Å². The van der Waals surface area contributed by atoms with Gasteiger partial charge in [0.1, 0.15) is 11.9 Å². The van der Waals surface area contributed by atoms with Gasteiger partial charge in [-0.2, -0.15) is 0 Å². The highest BCUT2D eigenvalue weighted by Gasteiger charge is 2.43. The van der Waals surface area contributed by atoms with E-state index in [0.717, 1.165) is 12.8 Å². The summed E-state index contributed by atoms with van der Waals surface area (Å²) in [4.78, 5) is 14.3. The summed E-state index contributed by atoms with van der Waals surface area (Å²) in [6.07, 6.45) is 1.60. The summed E-state index contributed by atoms with van der Waals surface area (Å²) in [5, 5.41) is 0. The largest absolute Gasteiger partial charge is 0.369 e. The van der Waals surface area contributed by atoms with E-state index in [9.17, 15) is 9.18 Å². The first-order chi connectivity index (χ1) is 9.49. The van der Waals surface area contributed by atoms with Crippen LogP contribution < -0.4 is 0 Å². The van der Waals surface area contributed by atoms with Crippen LogP contribution in [0.1, 0.15) is 38.4 Å². The van der Waals surface area contributed by atoms with E-state index in [1.54, 1.807) is 18.2 Å². The van der Waals surface area contributed by atoms with Gasteiger partial charge in [-0.05, 0) is 32.8 Å². The maximum atomic E-state index is 13.9. The molecule has 1 aliphatic carbocycles. The van der Waals surface area contributed by atoms with E-state index in [-0.39, 0.29) is 29.3 Å². The highest BCUT2D eigenvalue weighted by molar-refractivity contribution is 5.82. The van der Waals surface area contributed by atoms with Crippen LogP contribution in [-0.2, 0) is 9.53 Å². The topological polar surface area (TPSA) is 29.5 Å². The third-order valence-corrected chi connectivity index (χ3v) is 4.16. The summed E-state index contributed by atoms with van der Waals surface area (Å²) in [6.45, 7) is 4.88. The van der Waals surface area contributed by atoms with Crippen molar-refractivity contribution < 1.29 is 13.9 Å². The lowest BCUT2D eigenvalue weighted by molar-refractivity contribution is -0.156. The maximum Gasteiger partial charge on any atom is 0.226 e. The number of hydrogen-bond acceptors (Lipinski definition) is 2. The zero-order valence-corrected chi connectivity index (χ0v) is 11.9. The molecule has 108 valence electrons. The number of nitrogens with zero attached hydrogens (tertiary/aromatic N) is 1. The molecule has 4 heteroatoms. The first-order valence-corrected chi connectivity index (χ1v) is 7.16. The number of halogens is 1. The van der Waals surface area contributed by atoms with Crippen LogP contribution in [0.4, 0.5) is 4.39 Å². The second kappa shape index (κ2) is 4.85. The summed E-state index contributed by atoms with van der Waals surface area (Å²) in [6, 6.07) is 6.64. The van der Waals surface area contributed by atoms with Crippen molar-refractivity contribution in [1.29, 1.82) is 0 Å². The molecule has 2 aliphatic rings. The minimum Gasteiger partial charge on any atom is -0.369 e. The molecule has 3 rings (SSSR count). The van der Waals surface area contributed by atoms with E-state index in [1.807, 2.05) is 18.7 Å². The Morgan fingerprint density at radius 3 is 2.70 bits per heavy atom. The molecule has 1 saturated carbocycles. The summed E-state index contributed by atoms with van der Waals surface area (Å²) in [5.41, 5.74) is 0.220. The van der Waals surface area contributed by atoms with E-state index >= 15 is 0 Å². The monoisotopic (exact) mass is 277 g/mol. The Morgan fingerprint density at radius 2 is 2.05 bits per heavy atom. The number of rotatable bonds is 2. The molecule has 0 bridgehead atoms. The van der Waals surface area contributed by atoms with Crippen molar-refractivity contribution in [2.45, 2.75) is 38.3 Å². The SMILES string of the molecule is CC1(C)COC(c2ccccc2F)CN1C(=O)C1CC1. The molecule has 1 heterocycles. The predicted octanol–water partition coefficient (Wildman–Crippen LogP) is 2.91. The highest BCUT2D eigenvalue weighted by Crippen LogP contribution is 2.37. The number of hydrogen-bond donors (Lipinski definition) is 0. The Labute approximate surface area is 118 Å².